The Labute approximate surface area is 184 Å². The summed E-state index contributed by atoms with van der Waals surface area (Å²) in [7, 11) is 0. The molecule has 0 saturated heterocycles. The lowest BCUT2D eigenvalue weighted by molar-refractivity contribution is -0.143. The third kappa shape index (κ3) is 4.76. The van der Waals surface area contributed by atoms with E-state index in [4.69, 9.17) is 10.5 Å². The summed E-state index contributed by atoms with van der Waals surface area (Å²) in [6, 6.07) is 13.9. The third-order valence-electron chi connectivity index (χ3n) is 4.45. The van der Waals surface area contributed by atoms with Crippen LogP contribution in [0, 0.1) is 5.82 Å². The fourth-order valence-corrected chi connectivity index (χ4v) is 3.03. The van der Waals surface area contributed by atoms with E-state index in [1.165, 1.54) is 42.6 Å². The van der Waals surface area contributed by atoms with Gasteiger partial charge < -0.3 is 15.8 Å². The van der Waals surface area contributed by atoms with Crippen LogP contribution in [-0.4, -0.2) is 20.7 Å². The van der Waals surface area contributed by atoms with Crippen molar-refractivity contribution in [3.05, 3.63) is 90.1 Å². The van der Waals surface area contributed by atoms with Gasteiger partial charge in [0.1, 0.15) is 11.6 Å². The molecule has 0 radical (unpaired) electrons. The summed E-state index contributed by atoms with van der Waals surface area (Å²) in [5.74, 6) is -1.71. The lowest BCUT2D eigenvalue weighted by Gasteiger charge is -2.13. The number of alkyl halides is 3. The Balaban J connectivity index is 1.59. The molecule has 2 heterocycles. The van der Waals surface area contributed by atoms with Crippen molar-refractivity contribution in [2.24, 2.45) is 0 Å². The normalized spacial score (nSPS) is 11.3. The number of hydrogen-bond acceptors (Lipinski definition) is 5. The molecule has 0 bridgehead atoms. The summed E-state index contributed by atoms with van der Waals surface area (Å²) < 4.78 is 61.7. The van der Waals surface area contributed by atoms with Crippen molar-refractivity contribution in [2.45, 2.75) is 6.18 Å². The van der Waals surface area contributed by atoms with Crippen LogP contribution in [0.15, 0.2) is 73.1 Å². The Morgan fingerprint density at radius 3 is 2.48 bits per heavy atom. The van der Waals surface area contributed by atoms with Crippen LogP contribution in [0.5, 0.6) is 11.5 Å². The molecular weight excluding hydrogens is 442 g/mol. The number of ether oxygens (including phenoxy) is 1. The van der Waals surface area contributed by atoms with Crippen molar-refractivity contribution >= 4 is 17.4 Å². The maximum absolute atomic E-state index is 14.5. The first-order chi connectivity index (χ1) is 15.7. The van der Waals surface area contributed by atoms with Crippen molar-refractivity contribution in [2.75, 3.05) is 11.1 Å². The van der Waals surface area contributed by atoms with E-state index in [9.17, 15) is 22.4 Å². The first-order valence-corrected chi connectivity index (χ1v) is 9.43. The van der Waals surface area contributed by atoms with E-state index in [1.807, 2.05) is 0 Å². The van der Waals surface area contributed by atoms with Crippen molar-refractivity contribution in [1.29, 1.82) is 0 Å². The smallest absolute Gasteiger partial charge is 0.434 e. The summed E-state index contributed by atoms with van der Waals surface area (Å²) in [5.41, 5.74) is 3.65. The average molecular weight is 457 g/mol. The molecule has 0 aliphatic rings. The number of pyridine rings is 1. The van der Waals surface area contributed by atoms with E-state index >= 15 is 0 Å². The minimum Gasteiger partial charge on any atom is -0.454 e. The van der Waals surface area contributed by atoms with Gasteiger partial charge in [-0.05, 0) is 30.3 Å². The third-order valence-corrected chi connectivity index (χ3v) is 4.45. The van der Waals surface area contributed by atoms with Crippen LogP contribution in [0.4, 0.5) is 29.1 Å². The number of nitrogens with zero attached hydrogens (tertiary/aromatic N) is 3. The van der Waals surface area contributed by atoms with E-state index < -0.39 is 29.2 Å². The van der Waals surface area contributed by atoms with Crippen LogP contribution in [0.2, 0.25) is 0 Å². The minimum absolute atomic E-state index is 0.0697. The van der Waals surface area contributed by atoms with Crippen LogP contribution in [0.1, 0.15) is 16.1 Å². The van der Waals surface area contributed by atoms with E-state index in [0.717, 1.165) is 12.3 Å². The molecule has 2 aromatic carbocycles. The molecule has 33 heavy (non-hydrogen) atoms. The quantitative estimate of drug-likeness (QED) is 0.409. The van der Waals surface area contributed by atoms with E-state index in [1.54, 1.807) is 18.2 Å². The molecular formula is C22H15F4N5O2. The Morgan fingerprint density at radius 1 is 1.06 bits per heavy atom. The van der Waals surface area contributed by atoms with Gasteiger partial charge in [-0.1, -0.05) is 18.2 Å². The monoisotopic (exact) mass is 457 g/mol. The molecule has 3 N–H and O–H groups in total. The summed E-state index contributed by atoms with van der Waals surface area (Å²) in [4.78, 5) is 16.4. The van der Waals surface area contributed by atoms with E-state index in [2.05, 4.69) is 15.4 Å². The van der Waals surface area contributed by atoms with Gasteiger partial charge in [-0.25, -0.2) is 14.1 Å². The van der Waals surface area contributed by atoms with Gasteiger partial charge in [-0.3, -0.25) is 4.79 Å². The predicted octanol–water partition coefficient (Wildman–Crippen LogP) is 5.05. The predicted molar refractivity (Wildman–Crippen MR) is 112 cm³/mol. The first-order valence-electron chi connectivity index (χ1n) is 9.43. The number of carbonyl (C=O) groups is 1. The standard InChI is InChI=1S/C22H15F4N5O2/c23-17-10-13(6-7-18(17)33-15-8-9-28-19(27)11-15)30-21(32)16-12-29-31(20(16)22(24,25)26)14-4-2-1-3-5-14/h1-12H,(H2,27,28)(H,30,32). The molecule has 7 nitrogen and oxygen atoms in total. The van der Waals surface area contributed by atoms with Gasteiger partial charge in [0.25, 0.3) is 5.91 Å². The van der Waals surface area contributed by atoms with Gasteiger partial charge in [0, 0.05) is 24.0 Å². The SMILES string of the molecule is Nc1cc(Oc2ccc(NC(=O)c3cnn(-c4ccccc4)c3C(F)(F)F)cc2F)ccn1. The van der Waals surface area contributed by atoms with Crippen LogP contribution in [0.25, 0.3) is 5.69 Å². The lowest BCUT2D eigenvalue weighted by Crippen LogP contribution is -2.20. The summed E-state index contributed by atoms with van der Waals surface area (Å²) in [5, 5.41) is 5.99. The zero-order chi connectivity index (χ0) is 23.6. The molecule has 0 aliphatic carbocycles. The number of nitrogens with two attached hydrogens (primary N) is 1. The molecule has 0 aliphatic heterocycles. The second kappa shape index (κ2) is 8.61. The second-order valence-electron chi connectivity index (χ2n) is 6.77. The summed E-state index contributed by atoms with van der Waals surface area (Å²) in [6.45, 7) is 0. The van der Waals surface area contributed by atoms with Crippen molar-refractivity contribution in [1.82, 2.24) is 14.8 Å². The molecule has 1 amide bonds. The second-order valence-corrected chi connectivity index (χ2v) is 6.77. The van der Waals surface area contributed by atoms with Gasteiger partial charge in [0.05, 0.1) is 17.4 Å². The van der Waals surface area contributed by atoms with Gasteiger partial charge >= 0.3 is 6.18 Å². The van der Waals surface area contributed by atoms with Gasteiger partial charge in [-0.2, -0.15) is 18.3 Å². The van der Waals surface area contributed by atoms with Crippen LogP contribution in [-0.2, 0) is 6.18 Å². The maximum atomic E-state index is 14.5. The number of nitrogens with one attached hydrogen (secondary N) is 1. The number of amides is 1. The Morgan fingerprint density at radius 2 is 1.82 bits per heavy atom. The van der Waals surface area contributed by atoms with Gasteiger partial charge in [-0.15, -0.1) is 0 Å². The fraction of sp³-hybridized carbons (Fsp3) is 0.0455. The Kier molecular flexibility index (Phi) is 5.69. The Bertz CT molecular complexity index is 1310. The topological polar surface area (TPSA) is 95.1 Å². The highest BCUT2D eigenvalue weighted by molar-refractivity contribution is 6.05. The zero-order valence-electron chi connectivity index (χ0n) is 16.7. The number of aromatic nitrogens is 3. The highest BCUT2D eigenvalue weighted by Gasteiger charge is 2.40. The number of anilines is 2. The molecule has 0 atom stereocenters. The molecule has 0 saturated carbocycles. The van der Waals surface area contributed by atoms with Crippen LogP contribution >= 0.6 is 0 Å². The number of carbonyl (C=O) groups excluding carboxylic acids is 1. The number of benzene rings is 2. The number of halogens is 4. The Hall–Kier alpha value is -4.41. The van der Waals surface area contributed by atoms with E-state index in [0.29, 0.717) is 4.68 Å². The molecule has 4 aromatic rings. The minimum atomic E-state index is -4.87. The molecule has 0 spiro atoms. The molecule has 0 unspecified atom stereocenters. The number of rotatable bonds is 5. The highest BCUT2D eigenvalue weighted by Crippen LogP contribution is 2.34. The molecule has 168 valence electrons. The number of para-hydroxylation sites is 1. The maximum Gasteiger partial charge on any atom is 0.434 e. The van der Waals surface area contributed by atoms with Crippen LogP contribution < -0.4 is 15.8 Å². The zero-order valence-corrected chi connectivity index (χ0v) is 16.7. The largest absolute Gasteiger partial charge is 0.454 e. The van der Waals surface area contributed by atoms with E-state index in [-0.39, 0.29) is 28.7 Å². The van der Waals surface area contributed by atoms with Crippen molar-refractivity contribution in [3.63, 3.8) is 0 Å². The fourth-order valence-electron chi connectivity index (χ4n) is 3.03. The molecule has 4 rings (SSSR count). The van der Waals surface area contributed by atoms with Gasteiger partial charge in [0.2, 0.25) is 0 Å². The average Bonchev–Trinajstić information content (AvgIpc) is 3.23. The van der Waals surface area contributed by atoms with Gasteiger partial charge in [0.15, 0.2) is 17.3 Å². The molecule has 11 heteroatoms. The summed E-state index contributed by atoms with van der Waals surface area (Å²) >= 11 is 0. The molecule has 2 aromatic heterocycles. The van der Waals surface area contributed by atoms with Crippen LogP contribution in [0.3, 0.4) is 0 Å². The number of nitrogen functional groups attached to an aromatic ring is 1. The van der Waals surface area contributed by atoms with Crippen molar-refractivity contribution < 1.29 is 27.1 Å². The lowest BCUT2D eigenvalue weighted by atomic mass is 10.2. The first kappa shape index (κ1) is 21.8. The number of hydrogen-bond donors (Lipinski definition) is 2. The summed E-state index contributed by atoms with van der Waals surface area (Å²) in [6.07, 6.45) is -2.67. The molecule has 0 fully saturated rings. The van der Waals surface area contributed by atoms with Crippen molar-refractivity contribution in [3.8, 4) is 17.2 Å². The highest BCUT2D eigenvalue weighted by atomic mass is 19.4.